The minimum Gasteiger partial charge on any atom is -0.481 e. The lowest BCUT2D eigenvalue weighted by molar-refractivity contribution is -0.146. The van der Waals surface area contributed by atoms with Gasteiger partial charge in [0.1, 0.15) is 12.3 Å². The average Bonchev–Trinajstić information content (AvgIpc) is 3.38. The molecule has 33 heavy (non-hydrogen) atoms. The molecule has 1 saturated carbocycles. The van der Waals surface area contributed by atoms with Crippen molar-refractivity contribution < 1.29 is 23.8 Å². The van der Waals surface area contributed by atoms with Crippen molar-refractivity contribution in [1.29, 1.82) is 0 Å². The average molecular weight is 472 g/mol. The molecule has 7 nitrogen and oxygen atoms in total. The summed E-state index contributed by atoms with van der Waals surface area (Å²) in [6.45, 7) is 1.60. The highest BCUT2D eigenvalue weighted by atomic mass is 32.1. The van der Waals surface area contributed by atoms with Gasteiger partial charge in [0.25, 0.3) is 0 Å². The van der Waals surface area contributed by atoms with E-state index in [1.54, 1.807) is 12.3 Å². The number of ether oxygens (including phenoxy) is 1. The molecule has 4 heterocycles. The maximum Gasteiger partial charge on any atom is 0.306 e. The molecule has 2 aliphatic rings. The van der Waals surface area contributed by atoms with E-state index in [-0.39, 0.29) is 29.7 Å². The van der Waals surface area contributed by atoms with Crippen molar-refractivity contribution in [2.75, 3.05) is 13.2 Å². The Morgan fingerprint density at radius 2 is 2.03 bits per heavy atom. The first kappa shape index (κ1) is 22.0. The fourth-order valence-electron chi connectivity index (χ4n) is 4.99. The Balaban J connectivity index is 1.29. The molecule has 0 atom stereocenters. The van der Waals surface area contributed by atoms with Gasteiger partial charge < -0.3 is 19.3 Å². The second-order valence-corrected chi connectivity index (χ2v) is 9.90. The number of carbonyl (C=O) groups is 2. The van der Waals surface area contributed by atoms with E-state index in [1.807, 2.05) is 11.0 Å². The van der Waals surface area contributed by atoms with Gasteiger partial charge in [0.2, 0.25) is 5.91 Å². The number of amides is 1. The molecule has 3 aromatic rings. The molecule has 9 heteroatoms. The zero-order chi connectivity index (χ0) is 22.9. The van der Waals surface area contributed by atoms with Crippen LogP contribution in [0.4, 0.5) is 4.39 Å². The molecule has 1 aliphatic heterocycles. The number of carbonyl (C=O) groups excluding carboxylic acids is 1. The number of carboxylic acids is 1. The summed E-state index contributed by atoms with van der Waals surface area (Å²) < 4.78 is 21.5. The van der Waals surface area contributed by atoms with Crippen LogP contribution in [0, 0.1) is 11.0 Å². The van der Waals surface area contributed by atoms with Crippen molar-refractivity contribution in [3.05, 3.63) is 51.7 Å². The van der Waals surface area contributed by atoms with Crippen LogP contribution >= 0.6 is 11.3 Å². The number of rotatable bonds is 6. The number of hydrogen-bond acceptors (Lipinski definition) is 5. The predicted molar refractivity (Wildman–Crippen MR) is 122 cm³/mol. The Bertz CT molecular complexity index is 1180. The van der Waals surface area contributed by atoms with Gasteiger partial charge in [0.15, 0.2) is 5.13 Å². The molecule has 1 amide bonds. The van der Waals surface area contributed by atoms with E-state index >= 15 is 0 Å². The number of hydrogen-bond donors (Lipinski definition) is 1. The lowest BCUT2D eigenvalue weighted by Crippen LogP contribution is -2.40. The summed E-state index contributed by atoms with van der Waals surface area (Å²) in [5.74, 6) is -1.11. The fourth-order valence-corrected chi connectivity index (χ4v) is 5.71. The highest BCUT2D eigenvalue weighted by Gasteiger charge is 2.30. The third-order valence-corrected chi connectivity index (χ3v) is 7.63. The van der Waals surface area contributed by atoms with Crippen LogP contribution in [0.2, 0.25) is 0 Å². The van der Waals surface area contributed by atoms with Crippen LogP contribution < -0.4 is 0 Å². The zero-order valence-corrected chi connectivity index (χ0v) is 19.0. The van der Waals surface area contributed by atoms with Crippen LogP contribution in [0.1, 0.15) is 41.8 Å². The lowest BCUT2D eigenvalue weighted by Gasteiger charge is -2.30. The number of halogens is 1. The molecule has 3 aromatic heterocycles. The molecular formula is C24H26FN3O4S. The molecule has 0 saturated heterocycles. The van der Waals surface area contributed by atoms with Gasteiger partial charge in [-0.05, 0) is 61.9 Å². The van der Waals surface area contributed by atoms with Gasteiger partial charge >= 0.3 is 5.97 Å². The molecule has 0 spiro atoms. The van der Waals surface area contributed by atoms with Crippen LogP contribution in [0.5, 0.6) is 0 Å². The van der Waals surface area contributed by atoms with E-state index in [0.29, 0.717) is 45.3 Å². The summed E-state index contributed by atoms with van der Waals surface area (Å²) in [6, 6.07) is 7.24. The molecule has 0 unspecified atom stereocenters. The number of aliphatic carboxylic acids is 1. The normalized spacial score (nSPS) is 20.7. The SMILES string of the molecule is O=C(CO[C@H]1CC[C@@H](C(=O)O)CC1)N1CCc2c(n(Cc3ccc(F)s3)c3ncccc23)C1. The maximum atomic E-state index is 13.6. The Labute approximate surface area is 194 Å². The molecule has 1 aliphatic carbocycles. The molecule has 0 bridgehead atoms. The third-order valence-electron chi connectivity index (χ3n) is 6.78. The van der Waals surface area contributed by atoms with E-state index in [4.69, 9.17) is 9.84 Å². The van der Waals surface area contributed by atoms with Crippen LogP contribution in [-0.4, -0.2) is 50.7 Å². The fraction of sp³-hybridized carbons (Fsp3) is 0.458. The van der Waals surface area contributed by atoms with Gasteiger partial charge in [-0.1, -0.05) is 0 Å². The zero-order valence-electron chi connectivity index (χ0n) is 18.2. The van der Waals surface area contributed by atoms with Crippen LogP contribution in [0.25, 0.3) is 11.0 Å². The van der Waals surface area contributed by atoms with Gasteiger partial charge in [0, 0.05) is 28.7 Å². The minimum atomic E-state index is -0.746. The summed E-state index contributed by atoms with van der Waals surface area (Å²) in [6.07, 6.45) is 4.97. The number of aromatic nitrogens is 2. The quantitative estimate of drug-likeness (QED) is 0.591. The maximum absolute atomic E-state index is 13.6. The number of thiophene rings is 1. The Morgan fingerprint density at radius 1 is 1.21 bits per heavy atom. The number of fused-ring (bicyclic) bond motifs is 3. The van der Waals surface area contributed by atoms with E-state index < -0.39 is 5.97 Å². The topological polar surface area (TPSA) is 84.7 Å². The van der Waals surface area contributed by atoms with Crippen molar-refractivity contribution in [3.63, 3.8) is 0 Å². The van der Waals surface area contributed by atoms with Crippen molar-refractivity contribution in [2.24, 2.45) is 5.92 Å². The Kier molecular flexibility index (Phi) is 6.16. The van der Waals surface area contributed by atoms with Gasteiger partial charge in [-0.15, -0.1) is 11.3 Å². The van der Waals surface area contributed by atoms with Crippen molar-refractivity contribution in [3.8, 4) is 0 Å². The van der Waals surface area contributed by atoms with Crippen LogP contribution in [-0.2, 0) is 33.8 Å². The molecule has 1 fully saturated rings. The highest BCUT2D eigenvalue weighted by molar-refractivity contribution is 7.10. The largest absolute Gasteiger partial charge is 0.481 e. The standard InChI is InChI=1S/C24H26FN3O4S/c25-21-8-7-17(33-21)12-28-20-13-27(11-9-18(20)19-2-1-10-26-23(19)28)22(29)14-32-16-5-3-15(4-6-16)24(30)31/h1-2,7-8,10,15-16H,3-6,9,11-14H2,(H,30,31)/t15-,16+. The van der Waals surface area contributed by atoms with Crippen LogP contribution in [0.15, 0.2) is 30.5 Å². The lowest BCUT2D eigenvalue weighted by atomic mass is 9.87. The van der Waals surface area contributed by atoms with Crippen LogP contribution in [0.3, 0.4) is 0 Å². The summed E-state index contributed by atoms with van der Waals surface area (Å²) in [7, 11) is 0. The van der Waals surface area contributed by atoms with Gasteiger partial charge in [0.05, 0.1) is 25.1 Å². The second kappa shape index (κ2) is 9.23. The predicted octanol–water partition coefficient (Wildman–Crippen LogP) is 3.83. The summed E-state index contributed by atoms with van der Waals surface area (Å²) >= 11 is 1.13. The molecule has 5 rings (SSSR count). The number of carboxylic acid groups (broad SMARTS) is 1. The summed E-state index contributed by atoms with van der Waals surface area (Å²) in [4.78, 5) is 31.4. The van der Waals surface area contributed by atoms with Crippen molar-refractivity contribution in [1.82, 2.24) is 14.5 Å². The Morgan fingerprint density at radius 3 is 2.76 bits per heavy atom. The first-order valence-electron chi connectivity index (χ1n) is 11.3. The smallest absolute Gasteiger partial charge is 0.306 e. The van der Waals surface area contributed by atoms with Crippen molar-refractivity contribution in [2.45, 2.75) is 51.3 Å². The Hall–Kier alpha value is -2.78. The first-order chi connectivity index (χ1) is 16.0. The first-order valence-corrected chi connectivity index (χ1v) is 12.1. The van der Waals surface area contributed by atoms with E-state index in [9.17, 15) is 14.0 Å². The molecule has 0 radical (unpaired) electrons. The minimum absolute atomic E-state index is 0.00630. The summed E-state index contributed by atoms with van der Waals surface area (Å²) in [5.41, 5.74) is 3.10. The highest BCUT2D eigenvalue weighted by Crippen LogP contribution is 2.32. The molecular weight excluding hydrogens is 445 g/mol. The van der Waals surface area contributed by atoms with Gasteiger partial charge in [-0.2, -0.15) is 4.39 Å². The molecule has 0 aromatic carbocycles. The molecule has 174 valence electrons. The number of pyridine rings is 1. The summed E-state index contributed by atoms with van der Waals surface area (Å²) in [5, 5.41) is 10.0. The second-order valence-electron chi connectivity index (χ2n) is 8.78. The monoisotopic (exact) mass is 471 g/mol. The van der Waals surface area contributed by atoms with Gasteiger partial charge in [-0.25, -0.2) is 4.98 Å². The van der Waals surface area contributed by atoms with E-state index in [0.717, 1.165) is 39.4 Å². The van der Waals surface area contributed by atoms with Gasteiger partial charge in [-0.3, -0.25) is 9.59 Å². The van der Waals surface area contributed by atoms with Crippen molar-refractivity contribution >= 4 is 34.2 Å². The van der Waals surface area contributed by atoms with E-state index in [1.165, 1.54) is 11.6 Å². The molecule has 1 N–H and O–H groups in total. The van der Waals surface area contributed by atoms with E-state index in [2.05, 4.69) is 15.6 Å². The third kappa shape index (κ3) is 4.52. The number of nitrogens with zero attached hydrogens (tertiary/aromatic N) is 3.